The third kappa shape index (κ3) is 6.25. The van der Waals surface area contributed by atoms with E-state index in [4.69, 9.17) is 4.74 Å². The minimum atomic E-state index is 0.136. The third-order valence-corrected chi connectivity index (χ3v) is 6.09. The molecule has 0 atom stereocenters. The Kier molecular flexibility index (Phi) is 7.64. The molecule has 2 N–H and O–H groups in total. The van der Waals surface area contributed by atoms with E-state index in [-0.39, 0.29) is 5.91 Å². The number of piperidine rings is 1. The molecular weight excluding hydrogens is 400 g/mol. The molecule has 1 amide bonds. The van der Waals surface area contributed by atoms with Crippen LogP contribution < -0.4 is 15.4 Å². The summed E-state index contributed by atoms with van der Waals surface area (Å²) >= 11 is 0. The van der Waals surface area contributed by atoms with Crippen molar-refractivity contribution in [2.75, 3.05) is 26.7 Å². The molecule has 1 aliphatic carbocycles. The van der Waals surface area contributed by atoms with Crippen molar-refractivity contribution in [1.82, 2.24) is 15.5 Å². The van der Waals surface area contributed by atoms with E-state index in [0.717, 1.165) is 66.9 Å². The quantitative estimate of drug-likeness (QED) is 0.487. The lowest BCUT2D eigenvalue weighted by Gasteiger charge is -2.26. The Hall–Kier alpha value is -3.02. The van der Waals surface area contributed by atoms with Crippen molar-refractivity contribution in [1.29, 1.82) is 0 Å². The third-order valence-electron chi connectivity index (χ3n) is 6.09. The highest BCUT2D eigenvalue weighted by molar-refractivity contribution is 5.94. The number of nitrogens with zero attached hydrogens (tertiary/aromatic N) is 2. The Labute approximate surface area is 191 Å². The van der Waals surface area contributed by atoms with Crippen LogP contribution in [0.3, 0.4) is 0 Å². The average molecular weight is 435 g/mol. The zero-order valence-corrected chi connectivity index (χ0v) is 19.0. The fraction of sp³-hybridized carbons (Fsp3) is 0.462. The summed E-state index contributed by atoms with van der Waals surface area (Å²) in [4.78, 5) is 19.1. The zero-order chi connectivity index (χ0) is 22.2. The number of carbonyl (C=O) groups is 1. The van der Waals surface area contributed by atoms with E-state index in [9.17, 15) is 4.79 Å². The number of guanidine groups is 1. The minimum absolute atomic E-state index is 0.136. The number of ether oxygens (including phenoxy) is 1. The van der Waals surface area contributed by atoms with Crippen molar-refractivity contribution in [3.05, 3.63) is 65.2 Å². The van der Waals surface area contributed by atoms with Gasteiger partial charge in [0.2, 0.25) is 0 Å². The van der Waals surface area contributed by atoms with Crippen LogP contribution in [0.25, 0.3) is 0 Å². The number of amides is 1. The molecule has 6 nitrogen and oxygen atoms in total. The number of hydrogen-bond donors (Lipinski definition) is 2. The summed E-state index contributed by atoms with van der Waals surface area (Å²) in [6.07, 6.45) is 5.98. The first-order chi connectivity index (χ1) is 15.7. The second-order valence-electron chi connectivity index (χ2n) is 8.69. The molecule has 0 bridgehead atoms. The molecule has 170 valence electrons. The molecule has 4 rings (SSSR count). The largest absolute Gasteiger partial charge is 0.493 e. The molecule has 32 heavy (non-hydrogen) atoms. The highest BCUT2D eigenvalue weighted by atomic mass is 16.5. The lowest BCUT2D eigenvalue weighted by molar-refractivity contribution is 0.0724. The fourth-order valence-electron chi connectivity index (χ4n) is 3.96. The van der Waals surface area contributed by atoms with E-state index >= 15 is 0 Å². The molecule has 0 radical (unpaired) electrons. The van der Waals surface area contributed by atoms with Gasteiger partial charge in [0.05, 0.1) is 6.61 Å². The van der Waals surface area contributed by atoms with Gasteiger partial charge in [-0.05, 0) is 61.8 Å². The van der Waals surface area contributed by atoms with Gasteiger partial charge in [-0.15, -0.1) is 0 Å². The number of rotatable bonds is 8. The SMILES string of the molecule is CN=C(NCc1cccc(C(=O)N2CCCCC2)c1)NCc1ccccc1OCC1CC1. The summed E-state index contributed by atoms with van der Waals surface area (Å²) in [5, 5.41) is 6.73. The van der Waals surface area contributed by atoms with Gasteiger partial charge >= 0.3 is 0 Å². The highest BCUT2D eigenvalue weighted by Crippen LogP contribution is 2.30. The van der Waals surface area contributed by atoms with Gasteiger partial charge in [0, 0.05) is 44.4 Å². The molecule has 1 heterocycles. The van der Waals surface area contributed by atoms with Crippen molar-refractivity contribution in [3.63, 3.8) is 0 Å². The molecule has 2 aliphatic rings. The van der Waals surface area contributed by atoms with E-state index in [0.29, 0.717) is 13.1 Å². The molecule has 1 saturated carbocycles. The number of nitrogens with one attached hydrogen (secondary N) is 2. The zero-order valence-electron chi connectivity index (χ0n) is 19.0. The van der Waals surface area contributed by atoms with Crippen LogP contribution in [-0.2, 0) is 13.1 Å². The van der Waals surface area contributed by atoms with Crippen LogP contribution >= 0.6 is 0 Å². The first kappa shape index (κ1) is 22.2. The Morgan fingerprint density at radius 2 is 1.81 bits per heavy atom. The van der Waals surface area contributed by atoms with Gasteiger partial charge < -0.3 is 20.3 Å². The van der Waals surface area contributed by atoms with Crippen LogP contribution in [0.4, 0.5) is 0 Å². The van der Waals surface area contributed by atoms with E-state index in [1.54, 1.807) is 7.05 Å². The molecule has 0 spiro atoms. The van der Waals surface area contributed by atoms with Crippen LogP contribution in [0, 0.1) is 5.92 Å². The molecule has 2 aromatic carbocycles. The van der Waals surface area contributed by atoms with Crippen molar-refractivity contribution >= 4 is 11.9 Å². The molecule has 2 aromatic rings. The van der Waals surface area contributed by atoms with Crippen molar-refractivity contribution in [2.24, 2.45) is 10.9 Å². The molecular formula is C26H34N4O2. The summed E-state index contributed by atoms with van der Waals surface area (Å²) in [6.45, 7) is 3.76. The van der Waals surface area contributed by atoms with E-state index < -0.39 is 0 Å². The van der Waals surface area contributed by atoms with Crippen molar-refractivity contribution in [2.45, 2.75) is 45.2 Å². The van der Waals surface area contributed by atoms with Crippen LogP contribution in [0.1, 0.15) is 53.6 Å². The molecule has 6 heteroatoms. The van der Waals surface area contributed by atoms with Crippen LogP contribution in [-0.4, -0.2) is 43.5 Å². The van der Waals surface area contributed by atoms with Crippen LogP contribution in [0.5, 0.6) is 5.75 Å². The summed E-state index contributed by atoms with van der Waals surface area (Å²) in [6, 6.07) is 16.0. The topological polar surface area (TPSA) is 66.0 Å². The summed E-state index contributed by atoms with van der Waals surface area (Å²) in [5.41, 5.74) is 2.94. The lowest BCUT2D eigenvalue weighted by Crippen LogP contribution is -2.37. The van der Waals surface area contributed by atoms with Gasteiger partial charge in [-0.25, -0.2) is 0 Å². The van der Waals surface area contributed by atoms with Gasteiger partial charge in [-0.2, -0.15) is 0 Å². The number of benzene rings is 2. The summed E-state index contributed by atoms with van der Waals surface area (Å²) in [7, 11) is 1.77. The Morgan fingerprint density at radius 3 is 2.59 bits per heavy atom. The maximum absolute atomic E-state index is 12.8. The normalized spacial score (nSPS) is 16.5. The highest BCUT2D eigenvalue weighted by Gasteiger charge is 2.22. The van der Waals surface area contributed by atoms with Crippen LogP contribution in [0.2, 0.25) is 0 Å². The van der Waals surface area contributed by atoms with Gasteiger partial charge in [0.1, 0.15) is 5.75 Å². The molecule has 0 aromatic heterocycles. The number of likely N-dealkylation sites (tertiary alicyclic amines) is 1. The predicted molar refractivity (Wildman–Crippen MR) is 128 cm³/mol. The van der Waals surface area contributed by atoms with E-state index in [1.807, 2.05) is 47.4 Å². The second kappa shape index (κ2) is 11.0. The average Bonchev–Trinajstić information content (AvgIpc) is 3.68. The van der Waals surface area contributed by atoms with Gasteiger partial charge in [0.15, 0.2) is 5.96 Å². The number of aliphatic imine (C=N–C) groups is 1. The monoisotopic (exact) mass is 434 g/mol. The molecule has 1 saturated heterocycles. The number of hydrogen-bond acceptors (Lipinski definition) is 3. The molecule has 1 aliphatic heterocycles. The fourth-order valence-corrected chi connectivity index (χ4v) is 3.96. The van der Waals surface area contributed by atoms with Crippen LogP contribution in [0.15, 0.2) is 53.5 Å². The minimum Gasteiger partial charge on any atom is -0.493 e. The first-order valence-corrected chi connectivity index (χ1v) is 11.8. The molecule has 2 fully saturated rings. The lowest BCUT2D eigenvalue weighted by atomic mass is 10.1. The maximum atomic E-state index is 12.8. The van der Waals surface area contributed by atoms with Gasteiger partial charge in [-0.3, -0.25) is 9.79 Å². The van der Waals surface area contributed by atoms with Gasteiger partial charge in [0.25, 0.3) is 5.91 Å². The Balaban J connectivity index is 1.30. The first-order valence-electron chi connectivity index (χ1n) is 11.8. The van der Waals surface area contributed by atoms with Crippen molar-refractivity contribution in [3.8, 4) is 5.75 Å². The number of para-hydroxylation sites is 1. The smallest absolute Gasteiger partial charge is 0.253 e. The second-order valence-corrected chi connectivity index (χ2v) is 8.69. The predicted octanol–water partition coefficient (Wildman–Crippen LogP) is 3.97. The summed E-state index contributed by atoms with van der Waals surface area (Å²) in [5.74, 6) is 2.51. The number of carbonyl (C=O) groups excluding carboxylic acids is 1. The van der Waals surface area contributed by atoms with Gasteiger partial charge in [-0.1, -0.05) is 30.3 Å². The van der Waals surface area contributed by atoms with E-state index in [2.05, 4.69) is 21.7 Å². The van der Waals surface area contributed by atoms with Crippen molar-refractivity contribution < 1.29 is 9.53 Å². The molecule has 0 unspecified atom stereocenters. The van der Waals surface area contributed by atoms with E-state index in [1.165, 1.54) is 19.3 Å². The maximum Gasteiger partial charge on any atom is 0.253 e. The summed E-state index contributed by atoms with van der Waals surface area (Å²) < 4.78 is 6.01. The Morgan fingerprint density at radius 1 is 1.03 bits per heavy atom. The Bertz CT molecular complexity index is 933. The standard InChI is InChI=1S/C26H34N4O2/c1-27-26(29-18-23-9-3-4-11-24(23)32-19-20-12-13-20)28-17-21-8-7-10-22(16-21)25(31)30-14-5-2-6-15-30/h3-4,7-11,16,20H,2,5-6,12-15,17-19H2,1H3,(H2,27,28,29).